The molecule has 0 aliphatic carbocycles. The molecular weight excluding hydrogens is 178 g/mol. The zero-order valence-electron chi connectivity index (χ0n) is 7.36. The lowest BCUT2D eigenvalue weighted by Gasteiger charge is -1.98. The Morgan fingerprint density at radius 1 is 1.29 bits per heavy atom. The van der Waals surface area contributed by atoms with E-state index in [2.05, 4.69) is 4.98 Å². The molecule has 0 saturated carbocycles. The highest BCUT2D eigenvalue weighted by Gasteiger charge is 2.22. The number of hydrogen-bond acceptors (Lipinski definition) is 3. The van der Waals surface area contributed by atoms with Gasteiger partial charge in [0.15, 0.2) is 0 Å². The number of para-hydroxylation sites is 1. The number of cyclic esters (lactones) is 1. The molecule has 1 aliphatic rings. The van der Waals surface area contributed by atoms with Crippen molar-refractivity contribution in [3.63, 3.8) is 0 Å². The molecule has 0 amide bonds. The number of benzene rings is 1. The van der Waals surface area contributed by atoms with Crippen molar-refractivity contribution in [3.8, 4) is 0 Å². The molecule has 1 aliphatic heterocycles. The van der Waals surface area contributed by atoms with Crippen molar-refractivity contribution in [2.24, 2.45) is 0 Å². The number of carbonyl (C=O) groups excluding carboxylic acids is 1. The highest BCUT2D eigenvalue weighted by molar-refractivity contribution is 5.96. The summed E-state index contributed by atoms with van der Waals surface area (Å²) in [6, 6.07) is 9.57. The monoisotopic (exact) mass is 185 g/mol. The van der Waals surface area contributed by atoms with Gasteiger partial charge in [-0.1, -0.05) is 18.2 Å². The van der Waals surface area contributed by atoms with Gasteiger partial charge in [0.2, 0.25) is 0 Å². The average molecular weight is 185 g/mol. The van der Waals surface area contributed by atoms with Crippen LogP contribution in [-0.4, -0.2) is 11.0 Å². The number of hydrogen-bond donors (Lipinski definition) is 0. The van der Waals surface area contributed by atoms with E-state index in [0.717, 1.165) is 16.6 Å². The van der Waals surface area contributed by atoms with Crippen LogP contribution in [0.1, 0.15) is 16.1 Å². The van der Waals surface area contributed by atoms with Gasteiger partial charge >= 0.3 is 5.97 Å². The minimum absolute atomic E-state index is 0.266. The van der Waals surface area contributed by atoms with Crippen LogP contribution in [0.2, 0.25) is 0 Å². The zero-order valence-corrected chi connectivity index (χ0v) is 7.36. The maximum atomic E-state index is 11.2. The predicted octanol–water partition coefficient (Wildman–Crippen LogP) is 1.91. The van der Waals surface area contributed by atoms with Gasteiger partial charge in [-0.05, 0) is 12.1 Å². The molecular formula is C11H7NO2. The second-order valence-electron chi connectivity index (χ2n) is 3.25. The van der Waals surface area contributed by atoms with E-state index >= 15 is 0 Å². The molecule has 1 aromatic carbocycles. The number of nitrogens with zero attached hydrogens (tertiary/aromatic N) is 1. The molecule has 0 spiro atoms. The van der Waals surface area contributed by atoms with E-state index < -0.39 is 0 Å². The van der Waals surface area contributed by atoms with Gasteiger partial charge in [0.25, 0.3) is 0 Å². The Labute approximate surface area is 80.3 Å². The largest absolute Gasteiger partial charge is 0.456 e. The summed E-state index contributed by atoms with van der Waals surface area (Å²) in [7, 11) is 0. The van der Waals surface area contributed by atoms with Crippen molar-refractivity contribution in [3.05, 3.63) is 41.6 Å². The Balaban J connectivity index is 2.38. The molecule has 3 nitrogen and oxygen atoms in total. The third-order valence-corrected chi connectivity index (χ3v) is 2.36. The second kappa shape index (κ2) is 2.54. The van der Waals surface area contributed by atoms with Crippen LogP contribution in [0.5, 0.6) is 0 Å². The van der Waals surface area contributed by atoms with E-state index in [4.69, 9.17) is 4.74 Å². The van der Waals surface area contributed by atoms with Crippen LogP contribution in [0, 0.1) is 0 Å². The molecule has 2 aromatic rings. The number of carbonyl (C=O) groups is 1. The Hall–Kier alpha value is -1.90. The van der Waals surface area contributed by atoms with Crippen molar-refractivity contribution in [2.45, 2.75) is 6.61 Å². The molecule has 68 valence electrons. The minimum atomic E-state index is -0.266. The molecule has 0 atom stereocenters. The Bertz CT molecular complexity index is 534. The maximum absolute atomic E-state index is 11.2. The van der Waals surface area contributed by atoms with Gasteiger partial charge < -0.3 is 4.74 Å². The first-order chi connectivity index (χ1) is 6.84. The van der Waals surface area contributed by atoms with Crippen LogP contribution in [-0.2, 0) is 11.3 Å². The summed E-state index contributed by atoms with van der Waals surface area (Å²) in [4.78, 5) is 15.6. The molecule has 0 fully saturated rings. The van der Waals surface area contributed by atoms with E-state index in [1.807, 2.05) is 30.3 Å². The average Bonchev–Trinajstić information content (AvgIpc) is 2.57. The number of pyridine rings is 1. The molecule has 0 radical (unpaired) electrons. The highest BCUT2D eigenvalue weighted by Crippen LogP contribution is 2.22. The fourth-order valence-electron chi connectivity index (χ4n) is 1.65. The molecule has 0 unspecified atom stereocenters. The number of esters is 1. The summed E-state index contributed by atoms with van der Waals surface area (Å²) >= 11 is 0. The molecule has 0 bridgehead atoms. The number of rotatable bonds is 0. The van der Waals surface area contributed by atoms with Crippen molar-refractivity contribution in [1.82, 2.24) is 4.98 Å². The molecule has 14 heavy (non-hydrogen) atoms. The lowest BCUT2D eigenvalue weighted by Crippen LogP contribution is -1.94. The highest BCUT2D eigenvalue weighted by atomic mass is 16.5. The van der Waals surface area contributed by atoms with Gasteiger partial charge in [-0.15, -0.1) is 0 Å². The Morgan fingerprint density at radius 2 is 2.14 bits per heavy atom. The van der Waals surface area contributed by atoms with Gasteiger partial charge in [0.1, 0.15) is 6.61 Å². The molecule has 3 heteroatoms. The van der Waals surface area contributed by atoms with E-state index in [0.29, 0.717) is 12.2 Å². The first kappa shape index (κ1) is 7.50. The fourth-order valence-corrected chi connectivity index (χ4v) is 1.65. The van der Waals surface area contributed by atoms with Crippen LogP contribution in [0.3, 0.4) is 0 Å². The molecule has 0 N–H and O–H groups in total. The summed E-state index contributed by atoms with van der Waals surface area (Å²) in [5.74, 6) is -0.266. The zero-order chi connectivity index (χ0) is 9.54. The van der Waals surface area contributed by atoms with Crippen molar-refractivity contribution >= 4 is 16.9 Å². The quantitative estimate of drug-likeness (QED) is 0.588. The van der Waals surface area contributed by atoms with Crippen LogP contribution in [0.4, 0.5) is 0 Å². The molecule has 3 rings (SSSR count). The summed E-state index contributed by atoms with van der Waals surface area (Å²) in [5.41, 5.74) is 2.25. The fraction of sp³-hybridized carbons (Fsp3) is 0.0909. The third-order valence-electron chi connectivity index (χ3n) is 2.36. The number of fused-ring (bicyclic) bond motifs is 2. The standard InChI is InChI=1S/C11H7NO2/c13-11-8-5-7-3-1-2-4-9(7)12-10(8)6-14-11/h1-5H,6H2. The van der Waals surface area contributed by atoms with Gasteiger partial charge in [-0.2, -0.15) is 0 Å². The summed E-state index contributed by atoms with van der Waals surface area (Å²) in [5, 5.41) is 0.977. The van der Waals surface area contributed by atoms with Crippen molar-refractivity contribution in [1.29, 1.82) is 0 Å². The third kappa shape index (κ3) is 0.923. The van der Waals surface area contributed by atoms with Crippen LogP contribution in [0.15, 0.2) is 30.3 Å². The van der Waals surface area contributed by atoms with Crippen LogP contribution >= 0.6 is 0 Å². The summed E-state index contributed by atoms with van der Waals surface area (Å²) < 4.78 is 4.89. The summed E-state index contributed by atoms with van der Waals surface area (Å²) in [6.45, 7) is 0.305. The minimum Gasteiger partial charge on any atom is -0.456 e. The van der Waals surface area contributed by atoms with E-state index in [9.17, 15) is 4.79 Å². The summed E-state index contributed by atoms with van der Waals surface area (Å²) in [6.07, 6.45) is 0. The lowest BCUT2D eigenvalue weighted by molar-refractivity contribution is 0.0533. The number of aromatic nitrogens is 1. The maximum Gasteiger partial charge on any atom is 0.340 e. The topological polar surface area (TPSA) is 39.2 Å². The number of ether oxygens (including phenoxy) is 1. The smallest absolute Gasteiger partial charge is 0.340 e. The molecule has 2 heterocycles. The van der Waals surface area contributed by atoms with Gasteiger partial charge in [0, 0.05) is 5.39 Å². The normalized spacial score (nSPS) is 14.1. The van der Waals surface area contributed by atoms with Crippen LogP contribution in [0.25, 0.3) is 10.9 Å². The van der Waals surface area contributed by atoms with E-state index in [1.54, 1.807) is 0 Å². The van der Waals surface area contributed by atoms with Gasteiger partial charge in [0.05, 0.1) is 16.8 Å². The van der Waals surface area contributed by atoms with Crippen molar-refractivity contribution in [2.75, 3.05) is 0 Å². The second-order valence-corrected chi connectivity index (χ2v) is 3.25. The Kier molecular flexibility index (Phi) is 1.36. The van der Waals surface area contributed by atoms with Crippen molar-refractivity contribution < 1.29 is 9.53 Å². The van der Waals surface area contributed by atoms with Crippen LogP contribution < -0.4 is 0 Å². The molecule has 1 aromatic heterocycles. The first-order valence-corrected chi connectivity index (χ1v) is 4.40. The Morgan fingerprint density at radius 3 is 3.07 bits per heavy atom. The first-order valence-electron chi connectivity index (χ1n) is 4.40. The van der Waals surface area contributed by atoms with E-state index in [1.165, 1.54) is 0 Å². The SMILES string of the molecule is O=C1OCc2nc3ccccc3cc21. The molecule has 0 saturated heterocycles. The van der Waals surface area contributed by atoms with Gasteiger partial charge in [-0.25, -0.2) is 9.78 Å². The predicted molar refractivity (Wildman–Crippen MR) is 50.9 cm³/mol. The van der Waals surface area contributed by atoms with E-state index in [-0.39, 0.29) is 5.97 Å². The lowest BCUT2D eigenvalue weighted by atomic mass is 10.1. The van der Waals surface area contributed by atoms with Gasteiger partial charge in [-0.3, -0.25) is 0 Å².